The molecule has 0 aromatic heterocycles. The predicted octanol–water partition coefficient (Wildman–Crippen LogP) is -0.386. The molecule has 0 heterocycles. The summed E-state index contributed by atoms with van der Waals surface area (Å²) >= 11 is 1.40. The third-order valence-corrected chi connectivity index (χ3v) is 3.52. The molecule has 0 rings (SSSR count). The summed E-state index contributed by atoms with van der Waals surface area (Å²) < 4.78 is 4.73. The number of esters is 1. The number of carbonyl (C=O) groups is 1. The lowest BCUT2D eigenvalue weighted by molar-refractivity contribution is -0.146. The van der Waals surface area contributed by atoms with Crippen LogP contribution in [0.4, 0.5) is 0 Å². The number of rotatable bonds is 8. The minimum absolute atomic E-state index is 0.261. The summed E-state index contributed by atoms with van der Waals surface area (Å²) in [5, 5.41) is 20.9. The molecule has 0 bridgehead atoms. The fraction of sp³-hybridized carbons (Fsp3) is 0.900. The van der Waals surface area contributed by atoms with Crippen LogP contribution in [0.15, 0.2) is 0 Å². The highest BCUT2D eigenvalue weighted by Crippen LogP contribution is 2.15. The average Bonchev–Trinajstić information content (AvgIpc) is 2.27. The van der Waals surface area contributed by atoms with Gasteiger partial charge >= 0.3 is 5.97 Å². The number of nitrogens with one attached hydrogen (secondary N) is 1. The molecule has 0 amide bonds. The van der Waals surface area contributed by atoms with Gasteiger partial charge in [0.05, 0.1) is 19.8 Å². The lowest BCUT2D eigenvalue weighted by Crippen LogP contribution is -2.52. The van der Waals surface area contributed by atoms with Crippen LogP contribution in [0, 0.1) is 0 Å². The van der Waals surface area contributed by atoms with E-state index in [0.29, 0.717) is 18.1 Å². The Hall–Kier alpha value is -0.300. The molecular formula is C10H21NO4S. The van der Waals surface area contributed by atoms with Crippen LogP contribution in [0.5, 0.6) is 0 Å². The maximum absolute atomic E-state index is 11.6. The topological polar surface area (TPSA) is 78.8 Å². The second-order valence-electron chi connectivity index (χ2n) is 3.71. The van der Waals surface area contributed by atoms with Crippen molar-refractivity contribution in [3.8, 4) is 0 Å². The molecule has 2 atom stereocenters. The Bertz CT molecular complexity index is 215. The van der Waals surface area contributed by atoms with Gasteiger partial charge in [0.15, 0.2) is 0 Å². The monoisotopic (exact) mass is 251 g/mol. The number of aliphatic hydroxyl groups excluding tert-OH is 2. The molecule has 16 heavy (non-hydrogen) atoms. The van der Waals surface area contributed by atoms with Gasteiger partial charge in [0.2, 0.25) is 0 Å². The van der Waals surface area contributed by atoms with Gasteiger partial charge in [0, 0.05) is 11.5 Å². The van der Waals surface area contributed by atoms with Gasteiger partial charge in [-0.05, 0) is 13.5 Å². The fourth-order valence-electron chi connectivity index (χ4n) is 1.25. The summed E-state index contributed by atoms with van der Waals surface area (Å²) in [5.74, 6) is 0.569. The van der Waals surface area contributed by atoms with Crippen molar-refractivity contribution in [2.24, 2.45) is 0 Å². The molecule has 6 heteroatoms. The van der Waals surface area contributed by atoms with Crippen molar-refractivity contribution in [1.29, 1.82) is 0 Å². The van der Waals surface area contributed by atoms with Crippen LogP contribution in [0.3, 0.4) is 0 Å². The van der Waals surface area contributed by atoms with Crippen molar-refractivity contribution in [3.05, 3.63) is 0 Å². The molecule has 0 radical (unpaired) electrons. The summed E-state index contributed by atoms with van der Waals surface area (Å²) in [6, 6.07) is 0. The van der Waals surface area contributed by atoms with Crippen LogP contribution in [-0.4, -0.2) is 59.6 Å². The normalized spacial score (nSPS) is 16.6. The Balaban J connectivity index is 4.17. The van der Waals surface area contributed by atoms with Crippen molar-refractivity contribution in [3.63, 3.8) is 0 Å². The predicted molar refractivity (Wildman–Crippen MR) is 64.5 cm³/mol. The minimum atomic E-state index is -0.747. The number of ether oxygens (including phenoxy) is 1. The van der Waals surface area contributed by atoms with Gasteiger partial charge in [0.25, 0.3) is 0 Å². The summed E-state index contributed by atoms with van der Waals surface area (Å²) in [6.07, 6.45) is -0.742. The molecule has 0 aliphatic heterocycles. The van der Waals surface area contributed by atoms with Crippen LogP contribution in [0.25, 0.3) is 0 Å². The maximum atomic E-state index is 11.6. The number of hydrogen-bond acceptors (Lipinski definition) is 6. The van der Waals surface area contributed by atoms with E-state index in [9.17, 15) is 9.90 Å². The van der Waals surface area contributed by atoms with Gasteiger partial charge in [0.1, 0.15) is 5.54 Å². The Morgan fingerprint density at radius 2 is 2.25 bits per heavy atom. The van der Waals surface area contributed by atoms with E-state index < -0.39 is 11.6 Å². The second kappa shape index (κ2) is 7.89. The largest absolute Gasteiger partial charge is 0.468 e. The molecule has 0 aromatic carbocycles. The number of hydrogen-bond donors (Lipinski definition) is 3. The molecule has 0 fully saturated rings. The smallest absolute Gasteiger partial charge is 0.326 e. The first-order chi connectivity index (χ1) is 7.50. The van der Waals surface area contributed by atoms with Gasteiger partial charge < -0.3 is 20.3 Å². The molecule has 5 nitrogen and oxygen atoms in total. The van der Waals surface area contributed by atoms with Crippen molar-refractivity contribution in [2.45, 2.75) is 25.5 Å². The average molecular weight is 251 g/mol. The van der Waals surface area contributed by atoms with E-state index in [1.807, 2.05) is 6.92 Å². The Morgan fingerprint density at radius 3 is 2.69 bits per heavy atom. The van der Waals surface area contributed by atoms with E-state index in [1.165, 1.54) is 18.9 Å². The lowest BCUT2D eigenvalue weighted by atomic mass is 10.1. The number of likely N-dealkylation sites (N-methyl/N-ethyl adjacent to an activating group) is 1. The summed E-state index contributed by atoms with van der Waals surface area (Å²) in [7, 11) is 1.35. The molecule has 0 saturated heterocycles. The molecule has 96 valence electrons. The zero-order chi connectivity index (χ0) is 12.6. The van der Waals surface area contributed by atoms with Gasteiger partial charge in [-0.1, -0.05) is 6.92 Å². The first-order valence-electron chi connectivity index (χ1n) is 5.20. The van der Waals surface area contributed by atoms with E-state index in [4.69, 9.17) is 9.84 Å². The Labute approximate surface area is 101 Å². The number of aliphatic hydroxyl groups is 2. The van der Waals surface area contributed by atoms with Crippen LogP contribution in [0.2, 0.25) is 0 Å². The molecule has 0 spiro atoms. The van der Waals surface area contributed by atoms with Crippen molar-refractivity contribution in [2.75, 3.05) is 31.8 Å². The molecule has 0 saturated carbocycles. The van der Waals surface area contributed by atoms with E-state index in [0.717, 1.165) is 0 Å². The molecule has 3 N–H and O–H groups in total. The third-order valence-electron chi connectivity index (χ3n) is 2.11. The Morgan fingerprint density at radius 1 is 1.62 bits per heavy atom. The summed E-state index contributed by atoms with van der Waals surface area (Å²) in [5.41, 5.74) is -0.747. The van der Waals surface area contributed by atoms with E-state index in [2.05, 4.69) is 5.32 Å². The van der Waals surface area contributed by atoms with Gasteiger partial charge in [-0.15, -0.1) is 0 Å². The molecule has 0 aliphatic rings. The highest BCUT2D eigenvalue weighted by molar-refractivity contribution is 7.99. The molecule has 2 unspecified atom stereocenters. The lowest BCUT2D eigenvalue weighted by Gasteiger charge is -2.27. The maximum Gasteiger partial charge on any atom is 0.326 e. The van der Waals surface area contributed by atoms with E-state index in [-0.39, 0.29) is 12.6 Å². The SMILES string of the molecule is CCNC(C)(CSCC(O)CO)C(=O)OC. The zero-order valence-corrected chi connectivity index (χ0v) is 10.8. The van der Waals surface area contributed by atoms with Gasteiger partial charge in [-0.2, -0.15) is 11.8 Å². The van der Waals surface area contributed by atoms with Crippen molar-refractivity contribution in [1.82, 2.24) is 5.32 Å². The molecule has 0 aliphatic carbocycles. The molecular weight excluding hydrogens is 230 g/mol. The number of methoxy groups -OCH3 is 1. The molecule has 0 aromatic rings. The second-order valence-corrected chi connectivity index (χ2v) is 4.74. The van der Waals surface area contributed by atoms with Crippen molar-refractivity contribution < 1.29 is 19.7 Å². The third kappa shape index (κ3) is 5.16. The Kier molecular flexibility index (Phi) is 7.74. The number of carbonyl (C=O) groups excluding carboxylic acids is 1. The van der Waals surface area contributed by atoms with Crippen molar-refractivity contribution >= 4 is 17.7 Å². The van der Waals surface area contributed by atoms with Gasteiger partial charge in [-0.3, -0.25) is 4.79 Å². The highest BCUT2D eigenvalue weighted by atomic mass is 32.2. The quantitative estimate of drug-likeness (QED) is 0.510. The summed E-state index contributed by atoms with van der Waals surface area (Å²) in [4.78, 5) is 11.6. The van der Waals surface area contributed by atoms with Gasteiger partial charge in [-0.25, -0.2) is 0 Å². The van der Waals surface area contributed by atoms with Crippen LogP contribution >= 0.6 is 11.8 Å². The number of thioether (sulfide) groups is 1. The van der Waals surface area contributed by atoms with Crippen LogP contribution in [-0.2, 0) is 9.53 Å². The first kappa shape index (κ1) is 15.7. The standard InChI is InChI=1S/C10H21NO4S/c1-4-11-10(2,9(14)15-3)7-16-6-8(13)5-12/h8,11-13H,4-7H2,1-3H3. The summed E-state index contributed by atoms with van der Waals surface area (Å²) in [6.45, 7) is 4.08. The van der Waals surface area contributed by atoms with Crippen LogP contribution < -0.4 is 5.32 Å². The fourth-order valence-corrected chi connectivity index (χ4v) is 2.37. The van der Waals surface area contributed by atoms with Crippen LogP contribution in [0.1, 0.15) is 13.8 Å². The highest BCUT2D eigenvalue weighted by Gasteiger charge is 2.33. The minimum Gasteiger partial charge on any atom is -0.468 e. The van der Waals surface area contributed by atoms with E-state index >= 15 is 0 Å². The first-order valence-corrected chi connectivity index (χ1v) is 6.35. The zero-order valence-electron chi connectivity index (χ0n) is 10.0. The van der Waals surface area contributed by atoms with E-state index in [1.54, 1.807) is 6.92 Å².